The van der Waals surface area contributed by atoms with Crippen LogP contribution in [0.2, 0.25) is 5.02 Å². The SMILES string of the molecule is CCn1ncc(Cl)c1C(=O)CCc1ccc(N)cc1. The van der Waals surface area contributed by atoms with Crippen molar-refractivity contribution in [3.8, 4) is 0 Å². The van der Waals surface area contributed by atoms with Crippen LogP contribution in [-0.4, -0.2) is 15.6 Å². The van der Waals surface area contributed by atoms with E-state index in [-0.39, 0.29) is 5.78 Å². The van der Waals surface area contributed by atoms with Gasteiger partial charge in [-0.3, -0.25) is 9.48 Å². The van der Waals surface area contributed by atoms with Crippen molar-refractivity contribution in [1.29, 1.82) is 0 Å². The number of aryl methyl sites for hydroxylation is 2. The molecule has 0 aliphatic rings. The largest absolute Gasteiger partial charge is 0.399 e. The third-order valence-corrected chi connectivity index (χ3v) is 3.26. The highest BCUT2D eigenvalue weighted by atomic mass is 35.5. The Labute approximate surface area is 117 Å². The summed E-state index contributed by atoms with van der Waals surface area (Å²) >= 11 is 6.00. The number of carbonyl (C=O) groups is 1. The molecule has 0 fully saturated rings. The number of carbonyl (C=O) groups excluding carboxylic acids is 1. The Hall–Kier alpha value is -1.81. The summed E-state index contributed by atoms with van der Waals surface area (Å²) in [6.07, 6.45) is 2.60. The number of nitrogen functional groups attached to an aromatic ring is 1. The highest BCUT2D eigenvalue weighted by Gasteiger charge is 2.16. The summed E-state index contributed by atoms with van der Waals surface area (Å²) in [5, 5.41) is 4.49. The molecule has 0 atom stereocenters. The maximum Gasteiger partial charge on any atom is 0.182 e. The molecule has 4 nitrogen and oxygen atoms in total. The number of ketones is 1. The minimum atomic E-state index is 0.0150. The lowest BCUT2D eigenvalue weighted by atomic mass is 10.1. The zero-order chi connectivity index (χ0) is 13.8. The van der Waals surface area contributed by atoms with E-state index in [1.165, 1.54) is 6.20 Å². The number of anilines is 1. The molecular formula is C14H16ClN3O. The quantitative estimate of drug-likeness (QED) is 0.675. The molecule has 0 saturated carbocycles. The lowest BCUT2D eigenvalue weighted by Crippen LogP contribution is -2.10. The molecule has 19 heavy (non-hydrogen) atoms. The fourth-order valence-corrected chi connectivity index (χ4v) is 2.19. The van der Waals surface area contributed by atoms with Gasteiger partial charge in [-0.1, -0.05) is 23.7 Å². The molecule has 0 radical (unpaired) electrons. The van der Waals surface area contributed by atoms with Crippen LogP contribution in [0.15, 0.2) is 30.5 Å². The molecule has 2 rings (SSSR count). The van der Waals surface area contributed by atoms with Gasteiger partial charge in [-0.05, 0) is 31.0 Å². The molecule has 0 amide bonds. The highest BCUT2D eigenvalue weighted by Crippen LogP contribution is 2.18. The first-order chi connectivity index (χ1) is 9.11. The molecule has 2 N–H and O–H groups in total. The molecule has 0 bridgehead atoms. The summed E-state index contributed by atoms with van der Waals surface area (Å²) in [5.74, 6) is 0.0150. The molecule has 2 aromatic rings. The minimum Gasteiger partial charge on any atom is -0.399 e. The maximum absolute atomic E-state index is 12.2. The maximum atomic E-state index is 12.2. The summed E-state index contributed by atoms with van der Waals surface area (Å²) in [6, 6.07) is 7.54. The van der Waals surface area contributed by atoms with E-state index in [0.29, 0.717) is 30.1 Å². The molecule has 0 aliphatic heterocycles. The van der Waals surface area contributed by atoms with Gasteiger partial charge in [0, 0.05) is 18.7 Å². The van der Waals surface area contributed by atoms with E-state index in [4.69, 9.17) is 17.3 Å². The average molecular weight is 278 g/mol. The number of nitrogens with zero attached hydrogens (tertiary/aromatic N) is 2. The number of nitrogens with two attached hydrogens (primary N) is 1. The van der Waals surface area contributed by atoms with E-state index >= 15 is 0 Å². The van der Waals surface area contributed by atoms with E-state index in [9.17, 15) is 4.79 Å². The van der Waals surface area contributed by atoms with E-state index in [2.05, 4.69) is 5.10 Å². The predicted octanol–water partition coefficient (Wildman–Crippen LogP) is 2.95. The van der Waals surface area contributed by atoms with Crippen LogP contribution in [0.25, 0.3) is 0 Å². The monoisotopic (exact) mass is 277 g/mol. The molecule has 100 valence electrons. The van der Waals surface area contributed by atoms with E-state index in [1.807, 2.05) is 31.2 Å². The molecule has 1 aromatic heterocycles. The zero-order valence-corrected chi connectivity index (χ0v) is 11.5. The number of benzene rings is 1. The first-order valence-electron chi connectivity index (χ1n) is 6.20. The third-order valence-electron chi connectivity index (χ3n) is 2.98. The fourth-order valence-electron chi connectivity index (χ4n) is 1.94. The van der Waals surface area contributed by atoms with E-state index < -0.39 is 0 Å². The summed E-state index contributed by atoms with van der Waals surface area (Å²) in [6.45, 7) is 2.57. The lowest BCUT2D eigenvalue weighted by molar-refractivity contribution is 0.0972. The summed E-state index contributed by atoms with van der Waals surface area (Å²) < 4.78 is 1.63. The van der Waals surface area contributed by atoms with Gasteiger partial charge >= 0.3 is 0 Å². The Bertz CT molecular complexity index is 575. The van der Waals surface area contributed by atoms with Crippen molar-refractivity contribution in [3.05, 3.63) is 46.7 Å². The summed E-state index contributed by atoms with van der Waals surface area (Å²) in [7, 11) is 0. The lowest BCUT2D eigenvalue weighted by Gasteiger charge is -2.05. The topological polar surface area (TPSA) is 60.9 Å². The van der Waals surface area contributed by atoms with Crippen LogP contribution < -0.4 is 5.73 Å². The van der Waals surface area contributed by atoms with Gasteiger partial charge < -0.3 is 5.73 Å². The Morgan fingerprint density at radius 3 is 2.68 bits per heavy atom. The molecule has 0 saturated heterocycles. The van der Waals surface area contributed by atoms with E-state index in [0.717, 1.165) is 11.3 Å². The number of Topliss-reactive ketones (excluding diaryl/α,β-unsaturated/α-hetero) is 1. The number of halogens is 1. The second-order valence-electron chi connectivity index (χ2n) is 4.32. The van der Waals surface area contributed by atoms with Crippen LogP contribution in [0.1, 0.15) is 29.4 Å². The second-order valence-corrected chi connectivity index (χ2v) is 4.73. The van der Waals surface area contributed by atoms with Gasteiger partial charge in [0.1, 0.15) is 5.69 Å². The van der Waals surface area contributed by atoms with Crippen LogP contribution in [-0.2, 0) is 13.0 Å². The van der Waals surface area contributed by atoms with Crippen molar-refractivity contribution in [2.45, 2.75) is 26.3 Å². The van der Waals surface area contributed by atoms with Gasteiger partial charge in [0.15, 0.2) is 5.78 Å². The summed E-state index contributed by atoms with van der Waals surface area (Å²) in [5.41, 5.74) is 7.93. The van der Waals surface area contributed by atoms with Crippen LogP contribution >= 0.6 is 11.6 Å². The predicted molar refractivity (Wildman–Crippen MR) is 76.4 cm³/mol. The van der Waals surface area contributed by atoms with Crippen LogP contribution in [0.5, 0.6) is 0 Å². The zero-order valence-electron chi connectivity index (χ0n) is 10.8. The molecule has 1 aromatic carbocycles. The van der Waals surface area contributed by atoms with Gasteiger partial charge in [0.2, 0.25) is 0 Å². The smallest absolute Gasteiger partial charge is 0.182 e. The van der Waals surface area contributed by atoms with Crippen LogP contribution in [0.3, 0.4) is 0 Å². The van der Waals surface area contributed by atoms with Crippen molar-refractivity contribution in [3.63, 3.8) is 0 Å². The first-order valence-corrected chi connectivity index (χ1v) is 6.58. The normalized spacial score (nSPS) is 10.6. The van der Waals surface area contributed by atoms with Crippen molar-refractivity contribution in [2.75, 3.05) is 5.73 Å². The molecular weight excluding hydrogens is 262 g/mol. The standard InChI is InChI=1S/C14H16ClN3O/c1-2-18-14(12(15)9-17-18)13(19)8-5-10-3-6-11(16)7-4-10/h3-4,6-7,9H,2,5,8,16H2,1H3. The Morgan fingerprint density at radius 1 is 1.37 bits per heavy atom. The summed E-state index contributed by atoms with van der Waals surface area (Å²) in [4.78, 5) is 12.2. The minimum absolute atomic E-state index is 0.0150. The molecule has 1 heterocycles. The second kappa shape index (κ2) is 5.89. The van der Waals surface area contributed by atoms with Gasteiger partial charge in [0.25, 0.3) is 0 Å². The van der Waals surface area contributed by atoms with Crippen molar-refractivity contribution in [1.82, 2.24) is 9.78 Å². The van der Waals surface area contributed by atoms with Crippen molar-refractivity contribution < 1.29 is 4.79 Å². The molecule has 0 spiro atoms. The highest BCUT2D eigenvalue weighted by molar-refractivity contribution is 6.33. The Kier molecular flexibility index (Phi) is 4.22. The van der Waals surface area contributed by atoms with Crippen LogP contribution in [0.4, 0.5) is 5.69 Å². The number of hydrogen-bond donors (Lipinski definition) is 1. The van der Waals surface area contributed by atoms with Gasteiger partial charge in [-0.25, -0.2) is 0 Å². The molecule has 0 aliphatic carbocycles. The molecule has 0 unspecified atom stereocenters. The van der Waals surface area contributed by atoms with Crippen molar-refractivity contribution in [2.24, 2.45) is 0 Å². The number of rotatable bonds is 5. The van der Waals surface area contributed by atoms with Crippen LogP contribution in [0, 0.1) is 0 Å². The average Bonchev–Trinajstić information content (AvgIpc) is 2.79. The molecule has 5 heteroatoms. The van der Waals surface area contributed by atoms with Crippen molar-refractivity contribution >= 4 is 23.1 Å². The number of hydrogen-bond acceptors (Lipinski definition) is 3. The fraction of sp³-hybridized carbons (Fsp3) is 0.286. The van der Waals surface area contributed by atoms with E-state index in [1.54, 1.807) is 4.68 Å². The Morgan fingerprint density at radius 2 is 2.05 bits per heavy atom. The third kappa shape index (κ3) is 3.15. The number of aromatic nitrogens is 2. The Balaban J connectivity index is 2.05. The van der Waals surface area contributed by atoms with Gasteiger partial charge in [0.05, 0.1) is 11.2 Å². The van der Waals surface area contributed by atoms with Gasteiger partial charge in [-0.2, -0.15) is 5.10 Å². The first kappa shape index (κ1) is 13.6. The van der Waals surface area contributed by atoms with Gasteiger partial charge in [-0.15, -0.1) is 0 Å².